The Labute approximate surface area is 462 Å². The van der Waals surface area contributed by atoms with Gasteiger partial charge >= 0.3 is 0 Å². The Morgan fingerprint density at radius 2 is 1.21 bits per heavy atom. The van der Waals surface area contributed by atoms with Crippen LogP contribution in [-0.2, 0) is 32.9 Å². The molecule has 72 heavy (non-hydrogen) atoms. The van der Waals surface area contributed by atoms with Crippen LogP contribution in [0.2, 0.25) is 0 Å². The van der Waals surface area contributed by atoms with Crippen LogP contribution < -0.4 is 0 Å². The number of pyridine rings is 2. The van der Waals surface area contributed by atoms with Crippen LogP contribution in [0.15, 0.2) is 175 Å². The van der Waals surface area contributed by atoms with E-state index >= 15 is 0 Å². The van der Waals surface area contributed by atoms with E-state index in [1.807, 2.05) is 75.4 Å². The summed E-state index contributed by atoms with van der Waals surface area (Å²) in [6.07, 6.45) is -0.618. The normalized spacial score (nSPS) is 16.1. The van der Waals surface area contributed by atoms with Crippen LogP contribution in [0, 0.1) is 50.4 Å². The van der Waals surface area contributed by atoms with Gasteiger partial charge in [0.2, 0.25) is 0 Å². The molecule has 0 fully saturated rings. The number of hydrogen-bond acceptors (Lipinski definition) is 3. The monoisotopic (exact) mass is 1130 g/mol. The molecule has 3 heterocycles. The molecule has 1 radical (unpaired) electrons. The number of hydrogen-bond donors (Lipinski definition) is 0. The third-order valence-electron chi connectivity index (χ3n) is 12.2. The summed E-state index contributed by atoms with van der Waals surface area (Å²) >= 11 is 0. The number of aromatic nitrogens is 2. The molecule has 0 atom stereocenters. The summed E-state index contributed by atoms with van der Waals surface area (Å²) in [5.41, 5.74) is 4.39. The van der Waals surface area contributed by atoms with E-state index in [0.29, 0.717) is 44.8 Å². The first-order valence-corrected chi connectivity index (χ1v) is 23.5. The number of benzene rings is 8. The van der Waals surface area contributed by atoms with Crippen LogP contribution in [0.5, 0.6) is 0 Å². The van der Waals surface area contributed by atoms with Crippen LogP contribution in [0.4, 0.5) is 0 Å². The molecule has 8 aromatic carbocycles. The molecule has 3 nitrogen and oxygen atoms in total. The minimum absolute atomic E-state index is 0. The fourth-order valence-corrected chi connectivity index (χ4v) is 9.06. The van der Waals surface area contributed by atoms with E-state index < -0.39 is 51.0 Å². The SMILES string of the molecule is [2H]C([2H])([2H])c1c[c-]c(-c2ccc(C([2H])([2H])C(C)(C)C)cn2)cc1-c1ccccc1.[2H]C([2H])([2H])c1cc(C([2H])([2H])C(C)(C)C)ccc1-c1ccc(-c2cc(-c3[c-]ccc4c3oc3cc5c(ccc6ccccc65)cc34)ncc2C([2H])([2H])[2H])c(C([2H])([2H])[2H])c1.[Ir]. The number of fused-ring (bicyclic) bond motifs is 6. The molecule has 3 aromatic heterocycles. The number of rotatable bonds is 7. The molecule has 11 aromatic rings. The Hall–Kier alpha value is -6.97. The van der Waals surface area contributed by atoms with Crippen molar-refractivity contribution in [2.75, 3.05) is 0 Å². The van der Waals surface area contributed by atoms with Crippen molar-refractivity contribution < 1.29 is 46.5 Å². The smallest absolute Gasteiger partial charge is 0.121 e. The van der Waals surface area contributed by atoms with Gasteiger partial charge in [0.25, 0.3) is 0 Å². The van der Waals surface area contributed by atoms with Gasteiger partial charge in [0.05, 0.1) is 5.58 Å². The summed E-state index contributed by atoms with van der Waals surface area (Å²) in [6.45, 7) is 0.398. The second kappa shape index (κ2) is 20.3. The maximum absolute atomic E-state index is 8.76. The molecular weight excluding hydrogens is 1050 g/mol. The summed E-state index contributed by atoms with van der Waals surface area (Å²) < 4.78 is 141. The molecule has 0 unspecified atom stereocenters. The van der Waals surface area contributed by atoms with Crippen molar-refractivity contribution in [2.45, 2.75) is 81.7 Å². The zero-order chi connectivity index (χ0) is 63.2. The van der Waals surface area contributed by atoms with Crippen LogP contribution in [-0.4, -0.2) is 9.97 Å². The Morgan fingerprint density at radius 1 is 0.500 bits per heavy atom. The van der Waals surface area contributed by atoms with E-state index in [1.54, 1.807) is 63.4 Å². The van der Waals surface area contributed by atoms with E-state index in [0.717, 1.165) is 37.9 Å². The zero-order valence-corrected chi connectivity index (χ0v) is 43.2. The van der Waals surface area contributed by atoms with Crippen LogP contribution in [0.25, 0.3) is 99.4 Å². The number of aryl methyl sites for hydroxylation is 4. The first-order valence-electron chi connectivity index (χ1n) is 31.5. The Morgan fingerprint density at radius 3 is 1.97 bits per heavy atom. The van der Waals surface area contributed by atoms with Gasteiger partial charge in [-0.1, -0.05) is 186 Å². The zero-order valence-electron chi connectivity index (χ0n) is 56.8. The molecule has 0 saturated heterocycles. The van der Waals surface area contributed by atoms with Crippen molar-refractivity contribution in [3.63, 3.8) is 0 Å². The minimum atomic E-state index is -2.76. The predicted octanol–water partition coefficient (Wildman–Crippen LogP) is 18.7. The van der Waals surface area contributed by atoms with Gasteiger partial charge in [0.1, 0.15) is 5.58 Å². The average molecular weight is 1130 g/mol. The van der Waals surface area contributed by atoms with E-state index in [4.69, 9.17) is 26.3 Å². The first kappa shape index (κ1) is 33.6. The van der Waals surface area contributed by atoms with Crippen molar-refractivity contribution in [2.24, 2.45) is 10.8 Å². The molecule has 0 N–H and O–H groups in total. The molecule has 0 saturated carbocycles. The maximum Gasteiger partial charge on any atom is 0.121 e. The largest absolute Gasteiger partial charge is 0.501 e. The van der Waals surface area contributed by atoms with Crippen LogP contribution >= 0.6 is 0 Å². The Bertz CT molecular complexity index is 4420. The minimum Gasteiger partial charge on any atom is -0.501 e. The van der Waals surface area contributed by atoms with E-state index in [1.165, 1.54) is 42.6 Å². The molecule has 11 rings (SSSR count). The third-order valence-corrected chi connectivity index (χ3v) is 12.2. The summed E-state index contributed by atoms with van der Waals surface area (Å²) in [6, 6.07) is 52.8. The summed E-state index contributed by atoms with van der Waals surface area (Å²) in [5, 5.41) is 5.95. The van der Waals surface area contributed by atoms with Gasteiger partial charge in [-0.05, 0) is 145 Å². The van der Waals surface area contributed by atoms with Gasteiger partial charge in [-0.2, -0.15) is 0 Å². The van der Waals surface area contributed by atoms with Gasteiger partial charge < -0.3 is 14.4 Å². The fraction of sp³-hybridized carbons (Fsp3) is 0.206. The number of furan rings is 1. The van der Waals surface area contributed by atoms with Crippen molar-refractivity contribution in [3.05, 3.63) is 216 Å². The van der Waals surface area contributed by atoms with Gasteiger partial charge in [-0.15, -0.1) is 47.5 Å². The molecule has 0 amide bonds. The molecule has 0 spiro atoms. The molecule has 0 aliphatic carbocycles. The molecule has 361 valence electrons. The fourth-order valence-electron chi connectivity index (χ4n) is 9.06. The molecule has 0 aliphatic heterocycles. The third kappa shape index (κ3) is 10.6. The van der Waals surface area contributed by atoms with Crippen molar-refractivity contribution in [1.82, 2.24) is 9.97 Å². The van der Waals surface area contributed by atoms with Crippen LogP contribution in [0.3, 0.4) is 0 Å². The van der Waals surface area contributed by atoms with Gasteiger partial charge in [-0.25, -0.2) is 0 Å². The molecule has 0 aliphatic rings. The van der Waals surface area contributed by atoms with E-state index in [-0.39, 0.29) is 70.2 Å². The van der Waals surface area contributed by atoms with Gasteiger partial charge in [0.15, 0.2) is 0 Å². The van der Waals surface area contributed by atoms with Gasteiger partial charge in [-0.3, -0.25) is 0 Å². The second-order valence-corrected chi connectivity index (χ2v) is 19.9. The van der Waals surface area contributed by atoms with Crippen molar-refractivity contribution >= 4 is 43.5 Å². The average Bonchev–Trinajstić information content (AvgIpc) is 1.74. The Balaban J connectivity index is 0.000000258. The summed E-state index contributed by atoms with van der Waals surface area (Å²) in [5.74, 6) is 0. The van der Waals surface area contributed by atoms with Crippen molar-refractivity contribution in [1.29, 1.82) is 0 Å². The second-order valence-electron chi connectivity index (χ2n) is 19.9. The van der Waals surface area contributed by atoms with E-state index in [9.17, 15) is 0 Å². The van der Waals surface area contributed by atoms with E-state index in [2.05, 4.69) is 52.4 Å². The molecule has 0 bridgehead atoms. The number of nitrogens with zero attached hydrogens (tertiary/aromatic N) is 2. The standard InChI is InChI=1S/C45H38NO.C23H24N.Ir/c1-27-20-30(25-45(4,5)6)14-18-34(27)32-17-19-35(28(2)21-32)39-23-42(46-26-29(39)3)38-13-9-12-37-41-22-33-16-15-31-10-7-8-11-36(31)40(33)24-43(41)47-44(37)38;1-17-10-12-20(14-21(17)19-8-6-5-7-9-19)22-13-11-18(16-24-22)15-23(2,3)4;/h7-12,14-24,26H,25H2,1-6H3;5-11,13-14,16H,15H2,1-4H3;/q2*-1;/i1D3,2D3,3D3,25D2;1D3,15D2;. The quantitative estimate of drug-likeness (QED) is 0.118. The Kier molecular flexibility index (Phi) is 9.47. The first-order chi connectivity index (χ1) is 40.4. The maximum atomic E-state index is 8.76. The van der Waals surface area contributed by atoms with Gasteiger partial charge in [0, 0.05) is 59.8 Å². The summed E-state index contributed by atoms with van der Waals surface area (Å²) in [4.78, 5) is 9.02. The summed E-state index contributed by atoms with van der Waals surface area (Å²) in [7, 11) is 0. The topological polar surface area (TPSA) is 38.9 Å². The van der Waals surface area contributed by atoms with Crippen molar-refractivity contribution in [3.8, 4) is 55.9 Å². The molecule has 4 heteroatoms. The molecular formula is C68H62IrN2O-2. The predicted molar refractivity (Wildman–Crippen MR) is 301 cm³/mol. The van der Waals surface area contributed by atoms with Crippen LogP contribution in [0.1, 0.15) is 96.9 Å².